The van der Waals surface area contributed by atoms with Crippen molar-refractivity contribution < 1.29 is 0 Å². The van der Waals surface area contributed by atoms with E-state index in [0.717, 1.165) is 34.3 Å². The second-order valence-electron chi connectivity index (χ2n) is 4.70. The van der Waals surface area contributed by atoms with Gasteiger partial charge in [0.2, 0.25) is 0 Å². The van der Waals surface area contributed by atoms with E-state index in [0.29, 0.717) is 0 Å². The minimum Gasteiger partial charge on any atom is -0.320 e. The molecule has 0 bridgehead atoms. The maximum atomic E-state index is 6.17. The van der Waals surface area contributed by atoms with Gasteiger partial charge in [-0.3, -0.25) is 4.68 Å². The first-order chi connectivity index (χ1) is 8.08. The summed E-state index contributed by atoms with van der Waals surface area (Å²) in [6.07, 6.45) is 2.09. The smallest absolute Gasteiger partial charge is 0.0829 e. The molecular weight excluding hydrogens is 278 g/mol. The van der Waals surface area contributed by atoms with Crippen molar-refractivity contribution >= 4 is 15.9 Å². The SMILES string of the molecule is Cn1nc(C2(N)CC2)cc1-c1cccc(Br)c1. The fourth-order valence-corrected chi connectivity index (χ4v) is 2.42. The Morgan fingerprint density at radius 1 is 1.35 bits per heavy atom. The Bertz CT molecular complexity index is 570. The van der Waals surface area contributed by atoms with Crippen LogP contribution in [0.4, 0.5) is 0 Å². The molecule has 2 aromatic rings. The minimum absolute atomic E-state index is 0.165. The normalized spacial score (nSPS) is 17.1. The van der Waals surface area contributed by atoms with Gasteiger partial charge in [0.05, 0.1) is 16.9 Å². The summed E-state index contributed by atoms with van der Waals surface area (Å²) in [5.74, 6) is 0. The highest BCUT2D eigenvalue weighted by atomic mass is 79.9. The highest BCUT2D eigenvalue weighted by molar-refractivity contribution is 9.10. The predicted octanol–water partition coefficient (Wildman–Crippen LogP) is 2.80. The quantitative estimate of drug-likeness (QED) is 0.925. The zero-order chi connectivity index (χ0) is 12.0. The highest BCUT2D eigenvalue weighted by Crippen LogP contribution is 2.42. The molecule has 3 rings (SSSR count). The van der Waals surface area contributed by atoms with Gasteiger partial charge in [-0.2, -0.15) is 5.10 Å². The van der Waals surface area contributed by atoms with E-state index >= 15 is 0 Å². The van der Waals surface area contributed by atoms with Crippen molar-refractivity contribution in [3.05, 3.63) is 40.5 Å². The summed E-state index contributed by atoms with van der Waals surface area (Å²) >= 11 is 3.49. The third-order valence-corrected chi connectivity index (χ3v) is 3.79. The molecule has 1 heterocycles. The first-order valence-electron chi connectivity index (χ1n) is 5.68. The molecule has 88 valence electrons. The van der Waals surface area contributed by atoms with Crippen LogP contribution in [0.5, 0.6) is 0 Å². The molecule has 0 spiro atoms. The topological polar surface area (TPSA) is 43.8 Å². The van der Waals surface area contributed by atoms with Gasteiger partial charge in [-0.25, -0.2) is 0 Å². The molecule has 3 nitrogen and oxygen atoms in total. The summed E-state index contributed by atoms with van der Waals surface area (Å²) in [6.45, 7) is 0. The van der Waals surface area contributed by atoms with Crippen LogP contribution in [0.15, 0.2) is 34.8 Å². The third kappa shape index (κ3) is 1.91. The molecular formula is C13H14BrN3. The van der Waals surface area contributed by atoms with Gasteiger partial charge < -0.3 is 5.73 Å². The molecule has 0 atom stereocenters. The lowest BCUT2D eigenvalue weighted by Gasteiger charge is -2.01. The Labute approximate surface area is 109 Å². The molecule has 0 saturated heterocycles. The second kappa shape index (κ2) is 3.68. The molecule has 17 heavy (non-hydrogen) atoms. The van der Waals surface area contributed by atoms with Gasteiger partial charge in [0, 0.05) is 17.1 Å². The lowest BCUT2D eigenvalue weighted by Crippen LogP contribution is -2.19. The van der Waals surface area contributed by atoms with Crippen molar-refractivity contribution in [1.82, 2.24) is 9.78 Å². The number of hydrogen-bond donors (Lipinski definition) is 1. The van der Waals surface area contributed by atoms with Gasteiger partial charge in [-0.05, 0) is 31.0 Å². The monoisotopic (exact) mass is 291 g/mol. The molecule has 1 fully saturated rings. The van der Waals surface area contributed by atoms with Crippen molar-refractivity contribution in [2.24, 2.45) is 12.8 Å². The van der Waals surface area contributed by atoms with Gasteiger partial charge in [0.25, 0.3) is 0 Å². The molecule has 4 heteroatoms. The predicted molar refractivity (Wildman–Crippen MR) is 71.4 cm³/mol. The molecule has 0 aliphatic heterocycles. The van der Waals surface area contributed by atoms with E-state index in [2.05, 4.69) is 39.2 Å². The lowest BCUT2D eigenvalue weighted by atomic mass is 10.1. The first-order valence-corrected chi connectivity index (χ1v) is 6.47. The van der Waals surface area contributed by atoms with E-state index in [1.165, 1.54) is 0 Å². The minimum atomic E-state index is -0.165. The molecule has 1 aliphatic rings. The van der Waals surface area contributed by atoms with Crippen LogP contribution in [0.1, 0.15) is 18.5 Å². The van der Waals surface area contributed by atoms with Crippen molar-refractivity contribution in [2.75, 3.05) is 0 Å². The summed E-state index contributed by atoms with van der Waals surface area (Å²) < 4.78 is 2.98. The number of aryl methyl sites for hydroxylation is 1. The zero-order valence-electron chi connectivity index (χ0n) is 9.65. The van der Waals surface area contributed by atoms with E-state index in [-0.39, 0.29) is 5.54 Å². The Balaban J connectivity index is 2.06. The van der Waals surface area contributed by atoms with Crippen LogP contribution >= 0.6 is 15.9 Å². The van der Waals surface area contributed by atoms with E-state index in [9.17, 15) is 0 Å². The van der Waals surface area contributed by atoms with E-state index < -0.39 is 0 Å². The number of benzene rings is 1. The summed E-state index contributed by atoms with van der Waals surface area (Å²) in [6, 6.07) is 10.3. The van der Waals surface area contributed by atoms with E-state index in [1.54, 1.807) is 0 Å². The third-order valence-electron chi connectivity index (χ3n) is 3.30. The fraction of sp³-hybridized carbons (Fsp3) is 0.308. The summed E-state index contributed by atoms with van der Waals surface area (Å²) in [4.78, 5) is 0. The number of hydrogen-bond acceptors (Lipinski definition) is 2. The van der Waals surface area contributed by atoms with Gasteiger partial charge in [0.1, 0.15) is 0 Å². The Morgan fingerprint density at radius 3 is 2.76 bits per heavy atom. The van der Waals surface area contributed by atoms with Crippen molar-refractivity contribution in [3.63, 3.8) is 0 Å². The molecule has 1 aromatic heterocycles. The Hall–Kier alpha value is -1.13. The molecule has 0 unspecified atom stereocenters. The van der Waals surface area contributed by atoms with Gasteiger partial charge in [-0.1, -0.05) is 28.1 Å². The van der Waals surface area contributed by atoms with Crippen molar-refractivity contribution in [1.29, 1.82) is 0 Å². The number of rotatable bonds is 2. The Morgan fingerprint density at radius 2 is 2.12 bits per heavy atom. The molecule has 1 aliphatic carbocycles. The molecule has 0 amide bonds. The van der Waals surface area contributed by atoms with Crippen molar-refractivity contribution in [3.8, 4) is 11.3 Å². The van der Waals surface area contributed by atoms with Crippen LogP contribution in [0.3, 0.4) is 0 Å². The summed E-state index contributed by atoms with van der Waals surface area (Å²) in [7, 11) is 1.96. The lowest BCUT2D eigenvalue weighted by molar-refractivity contribution is 0.661. The van der Waals surface area contributed by atoms with Crippen LogP contribution in [-0.2, 0) is 12.6 Å². The highest BCUT2D eigenvalue weighted by Gasteiger charge is 2.42. The summed E-state index contributed by atoms with van der Waals surface area (Å²) in [5.41, 5.74) is 9.28. The van der Waals surface area contributed by atoms with Crippen LogP contribution in [0.2, 0.25) is 0 Å². The van der Waals surface area contributed by atoms with E-state index in [4.69, 9.17) is 5.73 Å². The molecule has 1 saturated carbocycles. The van der Waals surface area contributed by atoms with Gasteiger partial charge >= 0.3 is 0 Å². The zero-order valence-corrected chi connectivity index (χ0v) is 11.2. The number of nitrogens with two attached hydrogens (primary N) is 1. The average Bonchev–Trinajstić information content (AvgIpc) is 2.90. The molecule has 0 radical (unpaired) electrons. The van der Waals surface area contributed by atoms with Gasteiger partial charge in [-0.15, -0.1) is 0 Å². The van der Waals surface area contributed by atoms with Crippen LogP contribution in [0.25, 0.3) is 11.3 Å². The van der Waals surface area contributed by atoms with E-state index in [1.807, 2.05) is 23.9 Å². The first kappa shape index (κ1) is 11.0. The molecule has 1 aromatic carbocycles. The van der Waals surface area contributed by atoms with Crippen LogP contribution in [-0.4, -0.2) is 9.78 Å². The standard InChI is InChI=1S/C13H14BrN3/c1-17-11(9-3-2-4-10(14)7-9)8-12(16-17)13(15)5-6-13/h2-4,7-8H,5-6,15H2,1H3. The summed E-state index contributed by atoms with van der Waals surface area (Å²) in [5, 5.41) is 4.53. The maximum Gasteiger partial charge on any atom is 0.0829 e. The second-order valence-corrected chi connectivity index (χ2v) is 5.62. The number of halogens is 1. The largest absolute Gasteiger partial charge is 0.320 e. The Kier molecular flexibility index (Phi) is 2.38. The fourth-order valence-electron chi connectivity index (χ4n) is 2.02. The number of nitrogens with zero attached hydrogens (tertiary/aromatic N) is 2. The maximum absolute atomic E-state index is 6.17. The van der Waals surface area contributed by atoms with Crippen molar-refractivity contribution in [2.45, 2.75) is 18.4 Å². The van der Waals surface area contributed by atoms with Crippen LogP contribution in [0, 0.1) is 0 Å². The molecule has 2 N–H and O–H groups in total. The van der Waals surface area contributed by atoms with Gasteiger partial charge in [0.15, 0.2) is 0 Å². The average molecular weight is 292 g/mol. The number of aromatic nitrogens is 2. The van der Waals surface area contributed by atoms with Crippen LogP contribution < -0.4 is 5.73 Å².